The van der Waals surface area contributed by atoms with Crippen molar-refractivity contribution in [3.8, 4) is 0 Å². The van der Waals surface area contributed by atoms with E-state index in [1.54, 1.807) is 0 Å². The van der Waals surface area contributed by atoms with Crippen molar-refractivity contribution in [2.75, 3.05) is 47.5 Å². The van der Waals surface area contributed by atoms with Crippen molar-refractivity contribution in [2.24, 2.45) is 0 Å². The first-order valence-corrected chi connectivity index (χ1v) is 32.6. The van der Waals surface area contributed by atoms with Gasteiger partial charge in [-0.25, -0.2) is 4.79 Å². The number of carbonyl (C=O) groups excluding carboxylic acids is 2. The van der Waals surface area contributed by atoms with Crippen LogP contribution < -0.4 is 0 Å². The van der Waals surface area contributed by atoms with Gasteiger partial charge in [-0.1, -0.05) is 255 Å². The molecular formula is C74H120NO8+. The third-order valence-corrected chi connectivity index (χ3v) is 13.3. The monoisotopic (exact) mass is 1150 g/mol. The molecule has 0 aromatic carbocycles. The summed E-state index contributed by atoms with van der Waals surface area (Å²) in [4.78, 5) is 37.6. The number of aliphatic carboxylic acids is 1. The van der Waals surface area contributed by atoms with Crippen LogP contribution in [0.4, 0.5) is 0 Å². The van der Waals surface area contributed by atoms with Crippen LogP contribution in [0.5, 0.6) is 0 Å². The second-order valence-corrected chi connectivity index (χ2v) is 22.3. The van der Waals surface area contributed by atoms with Crippen LogP contribution in [0.25, 0.3) is 0 Å². The third-order valence-electron chi connectivity index (χ3n) is 13.3. The zero-order valence-electron chi connectivity index (χ0n) is 53.3. The number of carbonyl (C=O) groups is 3. The van der Waals surface area contributed by atoms with E-state index in [1.807, 2.05) is 21.1 Å². The fourth-order valence-electron chi connectivity index (χ4n) is 8.35. The molecule has 0 rings (SSSR count). The van der Waals surface area contributed by atoms with Crippen molar-refractivity contribution >= 4 is 17.9 Å². The molecule has 0 aliphatic carbocycles. The van der Waals surface area contributed by atoms with E-state index in [4.69, 9.17) is 18.9 Å². The minimum absolute atomic E-state index is 0.176. The van der Waals surface area contributed by atoms with E-state index in [-0.39, 0.29) is 38.6 Å². The molecule has 83 heavy (non-hydrogen) atoms. The van der Waals surface area contributed by atoms with E-state index in [9.17, 15) is 19.5 Å². The van der Waals surface area contributed by atoms with E-state index >= 15 is 0 Å². The summed E-state index contributed by atoms with van der Waals surface area (Å²) in [5.74, 6) is -2.04. The molecule has 2 atom stereocenters. The first kappa shape index (κ1) is 77.9. The number of unbranched alkanes of at least 4 members (excludes halogenated alkanes) is 17. The predicted octanol–water partition coefficient (Wildman–Crippen LogP) is 20.1. The topological polar surface area (TPSA) is 108 Å². The molecule has 1 N–H and O–H groups in total. The number of likely N-dealkylation sites (N-methyl/N-ethyl adjacent to an activating group) is 1. The van der Waals surface area contributed by atoms with Gasteiger partial charge in [-0.3, -0.25) is 9.59 Å². The largest absolute Gasteiger partial charge is 0.477 e. The van der Waals surface area contributed by atoms with Gasteiger partial charge in [0.1, 0.15) is 13.2 Å². The zero-order valence-corrected chi connectivity index (χ0v) is 53.3. The van der Waals surface area contributed by atoms with Crippen molar-refractivity contribution in [3.05, 3.63) is 158 Å². The number of carboxylic acids is 1. The normalized spacial score (nSPS) is 13.8. The highest BCUT2D eigenvalue weighted by atomic mass is 16.7. The van der Waals surface area contributed by atoms with Gasteiger partial charge >= 0.3 is 17.9 Å². The number of hydrogen-bond acceptors (Lipinski definition) is 7. The van der Waals surface area contributed by atoms with Crippen LogP contribution in [-0.4, -0.2) is 87.4 Å². The molecular weight excluding hydrogens is 1030 g/mol. The molecule has 0 aliphatic heterocycles. The Morgan fingerprint density at radius 3 is 0.964 bits per heavy atom. The van der Waals surface area contributed by atoms with E-state index in [0.717, 1.165) is 141 Å². The molecule has 9 heteroatoms. The molecule has 0 amide bonds. The van der Waals surface area contributed by atoms with E-state index in [1.165, 1.54) is 57.8 Å². The molecule has 468 valence electrons. The van der Waals surface area contributed by atoms with Gasteiger partial charge in [0.15, 0.2) is 6.10 Å². The predicted molar refractivity (Wildman–Crippen MR) is 354 cm³/mol. The number of rotatable bonds is 58. The lowest BCUT2D eigenvalue weighted by molar-refractivity contribution is -0.870. The minimum Gasteiger partial charge on any atom is -0.477 e. The average molecular weight is 1150 g/mol. The summed E-state index contributed by atoms with van der Waals surface area (Å²) in [6.07, 6.45) is 90.4. The lowest BCUT2D eigenvalue weighted by Crippen LogP contribution is -2.40. The van der Waals surface area contributed by atoms with Gasteiger partial charge in [0.25, 0.3) is 6.29 Å². The van der Waals surface area contributed by atoms with Crippen LogP contribution in [-0.2, 0) is 33.3 Å². The van der Waals surface area contributed by atoms with Gasteiger partial charge in [-0.2, -0.15) is 0 Å². The van der Waals surface area contributed by atoms with Crippen LogP contribution in [0, 0.1) is 0 Å². The molecule has 0 bridgehead atoms. The smallest absolute Gasteiger partial charge is 0.361 e. The fraction of sp³-hybridized carbons (Fsp3) is 0.608. The number of ether oxygens (including phenoxy) is 4. The minimum atomic E-state index is -1.53. The Bertz CT molecular complexity index is 1920. The molecule has 0 aromatic heterocycles. The lowest BCUT2D eigenvalue weighted by Gasteiger charge is -2.25. The second kappa shape index (κ2) is 62.9. The maximum atomic E-state index is 12.9. The summed E-state index contributed by atoms with van der Waals surface area (Å²) in [6.45, 7) is 4.62. The quantitative estimate of drug-likeness (QED) is 0.0211. The maximum Gasteiger partial charge on any atom is 0.361 e. The number of hydrogen-bond donors (Lipinski definition) is 1. The molecule has 0 fully saturated rings. The summed E-state index contributed by atoms with van der Waals surface area (Å²) in [7, 11) is 5.96. The second-order valence-electron chi connectivity index (χ2n) is 22.3. The van der Waals surface area contributed by atoms with Crippen molar-refractivity contribution in [3.63, 3.8) is 0 Å². The van der Waals surface area contributed by atoms with E-state index in [0.29, 0.717) is 17.4 Å². The van der Waals surface area contributed by atoms with Gasteiger partial charge in [0.2, 0.25) is 0 Å². The summed E-state index contributed by atoms with van der Waals surface area (Å²) in [6, 6.07) is 0. The fourth-order valence-corrected chi connectivity index (χ4v) is 8.35. The van der Waals surface area contributed by atoms with Crippen LogP contribution >= 0.6 is 0 Å². The Kier molecular flexibility index (Phi) is 59.1. The van der Waals surface area contributed by atoms with Crippen LogP contribution in [0.2, 0.25) is 0 Å². The van der Waals surface area contributed by atoms with Crippen molar-refractivity contribution in [2.45, 2.75) is 245 Å². The standard InChI is InChI=1S/C74H119NO8/c1-6-8-10-12-14-16-18-20-22-24-26-28-30-32-33-34-35-36-37-38-39-41-43-45-47-49-51-53-55-57-59-61-63-65-72(77)83-70(69-82-74(73(78)79)80-67-66-75(3,4)5)68-81-71(76)64-62-60-58-56-54-52-50-48-46-44-42-40-31-29-27-25-23-21-19-17-15-13-11-9-7-2/h8-11,14-17,20-23,26-29,32-33,35-36,38-40,42-43,45,70,74H,6-7,12-13,18-19,24-25,30-31,34,37,41,44,46-69H2,1-5H3/p+1/b10-8-,11-9-,16-14-,17-15-,22-20-,23-21-,28-26-,29-27-,33-32-,36-35-,39-38-,42-40-,45-43-. The Labute approximate surface area is 508 Å². The van der Waals surface area contributed by atoms with Gasteiger partial charge in [-0.05, 0) is 122 Å². The average Bonchev–Trinajstić information content (AvgIpc) is 3.46. The SMILES string of the molecule is CC/C=C\C/C=C\C/C=C\C/C=C\C/C=C\C/C=C\C/C=C\C/C=C\CCCCCCCCCCC(=O)OC(COC(=O)CCCCCCCCCCC/C=C\C/C=C\C/C=C\C/C=C\C/C=C\CC)COC(OCC[N+](C)(C)C)C(=O)O. The molecule has 9 nitrogen and oxygen atoms in total. The molecule has 0 aliphatic rings. The summed E-state index contributed by atoms with van der Waals surface area (Å²) >= 11 is 0. The molecule has 0 spiro atoms. The van der Waals surface area contributed by atoms with E-state index in [2.05, 4.69) is 172 Å². The zero-order chi connectivity index (χ0) is 60.5. The Hall–Kier alpha value is -5.09. The molecule has 2 unspecified atom stereocenters. The Balaban J connectivity index is 4.26. The molecule has 0 heterocycles. The third kappa shape index (κ3) is 64.3. The maximum absolute atomic E-state index is 12.9. The lowest BCUT2D eigenvalue weighted by atomic mass is 10.1. The molecule has 0 radical (unpaired) electrons. The highest BCUT2D eigenvalue weighted by molar-refractivity contribution is 5.71. The van der Waals surface area contributed by atoms with Crippen molar-refractivity contribution in [1.29, 1.82) is 0 Å². The number of nitrogens with zero attached hydrogens (tertiary/aromatic N) is 1. The van der Waals surface area contributed by atoms with Gasteiger partial charge in [0.05, 0.1) is 34.4 Å². The van der Waals surface area contributed by atoms with Gasteiger partial charge in [-0.15, -0.1) is 0 Å². The summed E-state index contributed by atoms with van der Waals surface area (Å²) < 4.78 is 22.9. The number of quaternary nitrogens is 1. The van der Waals surface area contributed by atoms with Crippen LogP contribution in [0.15, 0.2) is 158 Å². The molecule has 0 saturated heterocycles. The van der Waals surface area contributed by atoms with Crippen molar-refractivity contribution in [1.82, 2.24) is 0 Å². The van der Waals surface area contributed by atoms with Crippen molar-refractivity contribution < 1.29 is 42.9 Å². The Morgan fingerprint density at radius 2 is 0.651 bits per heavy atom. The molecule has 0 saturated carbocycles. The number of carboxylic acid groups (broad SMARTS) is 1. The van der Waals surface area contributed by atoms with E-state index < -0.39 is 24.3 Å². The number of allylic oxidation sites excluding steroid dienone is 26. The van der Waals surface area contributed by atoms with Crippen LogP contribution in [0.3, 0.4) is 0 Å². The van der Waals surface area contributed by atoms with Gasteiger partial charge < -0.3 is 28.5 Å². The Morgan fingerprint density at radius 1 is 0.361 bits per heavy atom. The first-order chi connectivity index (χ1) is 40.6. The summed E-state index contributed by atoms with van der Waals surface area (Å²) in [5.41, 5.74) is 0. The highest BCUT2D eigenvalue weighted by Crippen LogP contribution is 2.15. The van der Waals surface area contributed by atoms with Crippen LogP contribution in [0.1, 0.15) is 232 Å². The van der Waals surface area contributed by atoms with Gasteiger partial charge in [0, 0.05) is 12.8 Å². The first-order valence-electron chi connectivity index (χ1n) is 32.6. The molecule has 0 aromatic rings. The highest BCUT2D eigenvalue weighted by Gasteiger charge is 2.25. The summed E-state index contributed by atoms with van der Waals surface area (Å²) in [5, 5.41) is 9.73. The number of esters is 2.